The summed E-state index contributed by atoms with van der Waals surface area (Å²) in [6, 6.07) is 14.2. The second kappa shape index (κ2) is 7.69. The molecule has 3 aromatic rings. The highest BCUT2D eigenvalue weighted by Crippen LogP contribution is 2.44. The molecule has 1 saturated heterocycles. The van der Waals surface area contributed by atoms with Crippen molar-refractivity contribution in [3.63, 3.8) is 0 Å². The molecule has 2 aliphatic heterocycles. The first-order chi connectivity index (χ1) is 15.5. The average molecular weight is 449 g/mol. The van der Waals surface area contributed by atoms with Crippen molar-refractivity contribution in [2.45, 2.75) is 13.0 Å². The molecule has 160 valence electrons. The Balaban J connectivity index is 1.73. The Bertz CT molecular complexity index is 1290. The molecule has 0 bridgehead atoms. The first-order valence-corrected chi connectivity index (χ1v) is 10.2. The number of aliphatic hydroxyl groups is 1. The van der Waals surface area contributed by atoms with E-state index in [9.17, 15) is 14.7 Å². The molecule has 1 atom stereocenters. The van der Waals surface area contributed by atoms with Crippen LogP contribution in [-0.2, 0) is 9.59 Å². The van der Waals surface area contributed by atoms with E-state index in [0.29, 0.717) is 39.0 Å². The lowest BCUT2D eigenvalue weighted by molar-refractivity contribution is -0.132. The largest absolute Gasteiger partial charge is 0.507 e. The Kier molecular flexibility index (Phi) is 4.83. The summed E-state index contributed by atoms with van der Waals surface area (Å²) >= 11 is 6.29. The number of aromatic nitrogens is 1. The van der Waals surface area contributed by atoms with Crippen LogP contribution in [0.3, 0.4) is 0 Å². The third-order valence-electron chi connectivity index (χ3n) is 5.56. The van der Waals surface area contributed by atoms with Crippen molar-refractivity contribution in [1.82, 2.24) is 4.98 Å². The van der Waals surface area contributed by atoms with Gasteiger partial charge in [-0.05, 0) is 55.0 Å². The summed E-state index contributed by atoms with van der Waals surface area (Å²) in [7, 11) is 0. The fourth-order valence-corrected chi connectivity index (χ4v) is 4.12. The van der Waals surface area contributed by atoms with Crippen LogP contribution >= 0.6 is 11.6 Å². The summed E-state index contributed by atoms with van der Waals surface area (Å²) in [6.07, 6.45) is 1.57. The maximum Gasteiger partial charge on any atom is 0.300 e. The molecule has 2 aromatic carbocycles. The zero-order valence-corrected chi connectivity index (χ0v) is 17.7. The number of pyridine rings is 1. The predicted octanol–water partition coefficient (Wildman–Crippen LogP) is 4.40. The van der Waals surface area contributed by atoms with Gasteiger partial charge in [-0.25, -0.2) is 0 Å². The number of nitrogens with zero attached hydrogens (tertiary/aromatic N) is 2. The minimum Gasteiger partial charge on any atom is -0.507 e. The summed E-state index contributed by atoms with van der Waals surface area (Å²) in [5, 5.41) is 11.6. The number of amides is 1. The van der Waals surface area contributed by atoms with E-state index < -0.39 is 17.7 Å². The summed E-state index contributed by atoms with van der Waals surface area (Å²) in [4.78, 5) is 32.1. The third-order valence-corrected chi connectivity index (χ3v) is 5.97. The van der Waals surface area contributed by atoms with Crippen molar-refractivity contribution in [2.24, 2.45) is 0 Å². The van der Waals surface area contributed by atoms with E-state index in [-0.39, 0.29) is 18.1 Å². The lowest BCUT2D eigenvalue weighted by Gasteiger charge is -2.26. The van der Waals surface area contributed by atoms with E-state index in [1.54, 1.807) is 67.7 Å². The van der Waals surface area contributed by atoms with Gasteiger partial charge in [-0.15, -0.1) is 0 Å². The second-order valence-corrected chi connectivity index (χ2v) is 7.78. The van der Waals surface area contributed by atoms with Crippen LogP contribution in [0.25, 0.3) is 5.76 Å². The summed E-state index contributed by atoms with van der Waals surface area (Å²) in [6.45, 7) is 1.84. The Labute approximate surface area is 188 Å². The van der Waals surface area contributed by atoms with Gasteiger partial charge in [-0.1, -0.05) is 23.7 Å². The van der Waals surface area contributed by atoms with E-state index in [0.717, 1.165) is 0 Å². The van der Waals surface area contributed by atoms with Crippen molar-refractivity contribution in [2.75, 3.05) is 11.7 Å². The van der Waals surface area contributed by atoms with Crippen LogP contribution in [0.5, 0.6) is 11.5 Å². The minimum absolute atomic E-state index is 0.0630. The van der Waals surface area contributed by atoms with E-state index in [2.05, 4.69) is 4.98 Å². The standard InChI is InChI=1S/C24H17ClN2O5/c1-13-15(25)5-4-7-17(13)27-21(16-6-2-3-10-26-16)20(23(29)24(27)30)22(28)14-8-9-18-19(11-14)32-12-31-18/h2-11,21,28H,12H2,1H3/b22-20-. The van der Waals surface area contributed by atoms with Crippen LogP contribution in [0.15, 0.2) is 66.4 Å². The summed E-state index contributed by atoms with van der Waals surface area (Å²) in [5.74, 6) is -0.913. The van der Waals surface area contributed by atoms with Crippen molar-refractivity contribution >= 4 is 34.7 Å². The van der Waals surface area contributed by atoms with Crippen molar-refractivity contribution in [3.05, 3.63) is 88.2 Å². The topological polar surface area (TPSA) is 89.0 Å². The molecular weight excluding hydrogens is 432 g/mol. The fraction of sp³-hybridized carbons (Fsp3) is 0.125. The number of carbonyl (C=O) groups excluding carboxylic acids is 2. The first kappa shape index (κ1) is 20.1. The number of Topliss-reactive ketones (excluding diaryl/α,β-unsaturated/α-hetero) is 1. The lowest BCUT2D eigenvalue weighted by atomic mass is 9.97. The van der Waals surface area contributed by atoms with Crippen LogP contribution < -0.4 is 14.4 Å². The van der Waals surface area contributed by atoms with Gasteiger partial charge in [0.2, 0.25) is 6.79 Å². The molecule has 5 rings (SSSR count). The monoisotopic (exact) mass is 448 g/mol. The van der Waals surface area contributed by atoms with E-state index in [1.807, 2.05) is 0 Å². The van der Waals surface area contributed by atoms with Gasteiger partial charge in [0, 0.05) is 22.5 Å². The van der Waals surface area contributed by atoms with Crippen LogP contribution in [0.4, 0.5) is 5.69 Å². The number of anilines is 1. The molecule has 3 heterocycles. The molecule has 32 heavy (non-hydrogen) atoms. The number of aliphatic hydroxyl groups excluding tert-OH is 1. The van der Waals surface area contributed by atoms with Crippen LogP contribution in [0.2, 0.25) is 5.02 Å². The van der Waals surface area contributed by atoms with Crippen LogP contribution in [0.1, 0.15) is 22.9 Å². The minimum atomic E-state index is -0.932. The predicted molar refractivity (Wildman–Crippen MR) is 118 cm³/mol. The second-order valence-electron chi connectivity index (χ2n) is 7.38. The number of fused-ring (bicyclic) bond motifs is 1. The van der Waals surface area contributed by atoms with Gasteiger partial charge < -0.3 is 14.6 Å². The quantitative estimate of drug-likeness (QED) is 0.363. The molecular formula is C24H17ClN2O5. The van der Waals surface area contributed by atoms with Gasteiger partial charge in [-0.3, -0.25) is 19.5 Å². The van der Waals surface area contributed by atoms with E-state index in [4.69, 9.17) is 21.1 Å². The molecule has 0 spiro atoms. The highest BCUT2D eigenvalue weighted by molar-refractivity contribution is 6.52. The number of ketones is 1. The SMILES string of the molecule is Cc1c(Cl)cccc1N1C(=O)C(=O)/C(=C(\O)c2ccc3c(c2)OCO3)C1c1ccccn1. The Hall–Kier alpha value is -3.84. The molecule has 1 unspecified atom stereocenters. The van der Waals surface area contributed by atoms with E-state index in [1.165, 1.54) is 4.90 Å². The number of ether oxygens (including phenoxy) is 2. The highest BCUT2D eigenvalue weighted by atomic mass is 35.5. The third kappa shape index (κ3) is 3.09. The molecule has 2 aliphatic rings. The molecule has 0 radical (unpaired) electrons. The number of carbonyl (C=O) groups is 2. The van der Waals surface area contributed by atoms with Gasteiger partial charge in [-0.2, -0.15) is 0 Å². The summed E-state index contributed by atoms with van der Waals surface area (Å²) < 4.78 is 10.7. The number of hydrogen-bond donors (Lipinski definition) is 1. The fourth-order valence-electron chi connectivity index (χ4n) is 3.95. The molecule has 1 aromatic heterocycles. The van der Waals surface area contributed by atoms with Crippen LogP contribution in [-0.4, -0.2) is 28.6 Å². The van der Waals surface area contributed by atoms with Gasteiger partial charge in [0.15, 0.2) is 11.5 Å². The maximum atomic E-state index is 13.2. The Morgan fingerprint density at radius 2 is 1.91 bits per heavy atom. The average Bonchev–Trinajstić information content (AvgIpc) is 3.38. The number of benzene rings is 2. The van der Waals surface area contributed by atoms with Gasteiger partial charge in [0.25, 0.3) is 11.7 Å². The number of hydrogen-bond acceptors (Lipinski definition) is 6. The Morgan fingerprint density at radius 1 is 1.09 bits per heavy atom. The zero-order valence-electron chi connectivity index (χ0n) is 16.9. The van der Waals surface area contributed by atoms with Crippen molar-refractivity contribution < 1.29 is 24.2 Å². The molecule has 0 saturated carbocycles. The number of rotatable bonds is 3. The van der Waals surface area contributed by atoms with Crippen molar-refractivity contribution in [3.8, 4) is 11.5 Å². The Morgan fingerprint density at radius 3 is 2.69 bits per heavy atom. The van der Waals surface area contributed by atoms with E-state index >= 15 is 0 Å². The lowest BCUT2D eigenvalue weighted by Crippen LogP contribution is -2.30. The molecule has 1 amide bonds. The van der Waals surface area contributed by atoms with Gasteiger partial charge >= 0.3 is 0 Å². The highest BCUT2D eigenvalue weighted by Gasteiger charge is 2.48. The smallest absolute Gasteiger partial charge is 0.300 e. The molecule has 8 heteroatoms. The molecule has 0 aliphatic carbocycles. The summed E-state index contributed by atoms with van der Waals surface area (Å²) in [5.41, 5.74) is 1.82. The maximum absolute atomic E-state index is 13.2. The van der Waals surface area contributed by atoms with Crippen molar-refractivity contribution in [1.29, 1.82) is 0 Å². The normalized spacial score (nSPS) is 18.9. The molecule has 1 fully saturated rings. The number of halogens is 1. The van der Waals surface area contributed by atoms with Crippen LogP contribution in [0, 0.1) is 6.92 Å². The molecule has 7 nitrogen and oxygen atoms in total. The zero-order chi connectivity index (χ0) is 22.4. The van der Waals surface area contributed by atoms with Gasteiger partial charge in [0.05, 0.1) is 11.3 Å². The van der Waals surface area contributed by atoms with Gasteiger partial charge in [0.1, 0.15) is 11.8 Å². The molecule has 1 N–H and O–H groups in total. The first-order valence-electron chi connectivity index (χ1n) is 9.84.